The third-order valence-electron chi connectivity index (χ3n) is 5.85. The van der Waals surface area contributed by atoms with Crippen molar-refractivity contribution < 1.29 is 20.1 Å². The molecule has 0 aromatic carbocycles. The van der Waals surface area contributed by atoms with Crippen molar-refractivity contribution in [3.8, 4) is 11.8 Å². The van der Waals surface area contributed by atoms with E-state index in [1.54, 1.807) is 6.92 Å². The third-order valence-corrected chi connectivity index (χ3v) is 5.85. The van der Waals surface area contributed by atoms with Gasteiger partial charge < -0.3 is 15.3 Å². The van der Waals surface area contributed by atoms with E-state index in [4.69, 9.17) is 5.11 Å². The maximum atomic E-state index is 10.6. The topological polar surface area (TPSA) is 77.8 Å². The Bertz CT molecular complexity index is 595. The molecule has 0 saturated heterocycles. The van der Waals surface area contributed by atoms with Gasteiger partial charge in [-0.3, -0.25) is 4.79 Å². The smallest absolute Gasteiger partial charge is 0.303 e. The van der Waals surface area contributed by atoms with Crippen molar-refractivity contribution in [2.45, 2.75) is 71.0 Å². The van der Waals surface area contributed by atoms with Crippen molar-refractivity contribution in [3.05, 3.63) is 23.8 Å². The lowest BCUT2D eigenvalue weighted by Crippen LogP contribution is -2.19. The summed E-state index contributed by atoms with van der Waals surface area (Å²) in [5, 5.41) is 29.4. The highest BCUT2D eigenvalue weighted by molar-refractivity contribution is 5.66. The van der Waals surface area contributed by atoms with Crippen molar-refractivity contribution in [2.75, 3.05) is 0 Å². The van der Waals surface area contributed by atoms with E-state index in [0.717, 1.165) is 25.7 Å². The average molecular weight is 360 g/mol. The van der Waals surface area contributed by atoms with Gasteiger partial charge in [0.05, 0.1) is 12.2 Å². The number of allylic oxidation sites excluding steroid dienone is 2. The van der Waals surface area contributed by atoms with Crippen LogP contribution in [-0.2, 0) is 4.79 Å². The summed E-state index contributed by atoms with van der Waals surface area (Å²) in [5.41, 5.74) is 1.41. The molecule has 0 radical (unpaired) electrons. The van der Waals surface area contributed by atoms with E-state index >= 15 is 0 Å². The second-order valence-corrected chi connectivity index (χ2v) is 7.84. The van der Waals surface area contributed by atoms with Gasteiger partial charge in [-0.05, 0) is 56.8 Å². The molecule has 0 aromatic heterocycles. The van der Waals surface area contributed by atoms with E-state index in [-0.39, 0.29) is 24.4 Å². The highest BCUT2D eigenvalue weighted by atomic mass is 16.4. The van der Waals surface area contributed by atoms with Crippen LogP contribution in [0.15, 0.2) is 23.8 Å². The zero-order chi connectivity index (χ0) is 19.1. The molecular formula is C22H32O4. The molecule has 2 saturated carbocycles. The number of hydrogen-bond donors (Lipinski definition) is 3. The number of carboxylic acids is 1. The summed E-state index contributed by atoms with van der Waals surface area (Å²) in [7, 11) is 0. The van der Waals surface area contributed by atoms with Crippen molar-refractivity contribution in [3.63, 3.8) is 0 Å². The monoisotopic (exact) mass is 360 g/mol. The molecule has 144 valence electrons. The number of unbranched alkanes of at least 4 members (excludes halogenated alkanes) is 1. The second-order valence-electron chi connectivity index (χ2n) is 7.84. The summed E-state index contributed by atoms with van der Waals surface area (Å²) in [6.45, 7) is 3.79. The number of rotatable bonds is 8. The van der Waals surface area contributed by atoms with Gasteiger partial charge >= 0.3 is 5.97 Å². The Kier molecular flexibility index (Phi) is 7.93. The lowest BCUT2D eigenvalue weighted by Gasteiger charge is -2.19. The van der Waals surface area contributed by atoms with Crippen LogP contribution in [-0.4, -0.2) is 33.5 Å². The zero-order valence-electron chi connectivity index (χ0n) is 15.9. The minimum Gasteiger partial charge on any atom is -0.481 e. The lowest BCUT2D eigenvalue weighted by molar-refractivity contribution is -0.137. The Hall–Kier alpha value is -1.57. The Morgan fingerprint density at radius 2 is 2.15 bits per heavy atom. The number of aliphatic hydroxyl groups excluding tert-OH is 2. The van der Waals surface area contributed by atoms with Crippen LogP contribution < -0.4 is 0 Å². The Morgan fingerprint density at radius 1 is 1.38 bits per heavy atom. The molecule has 4 heteroatoms. The van der Waals surface area contributed by atoms with Gasteiger partial charge in [0.2, 0.25) is 0 Å². The number of aliphatic carboxylic acids is 1. The Labute approximate surface area is 157 Å². The maximum absolute atomic E-state index is 10.6. The van der Waals surface area contributed by atoms with Gasteiger partial charge in [-0.1, -0.05) is 30.7 Å². The predicted molar refractivity (Wildman–Crippen MR) is 102 cm³/mol. The molecule has 2 aliphatic carbocycles. The molecule has 2 aliphatic rings. The first-order chi connectivity index (χ1) is 12.4. The number of fused-ring (bicyclic) bond motifs is 1. The largest absolute Gasteiger partial charge is 0.481 e. The highest BCUT2D eigenvalue weighted by Gasteiger charge is 2.44. The molecule has 0 heterocycles. The third kappa shape index (κ3) is 5.72. The first-order valence-electron chi connectivity index (χ1n) is 9.76. The number of aliphatic hydroxyl groups is 2. The van der Waals surface area contributed by atoms with Gasteiger partial charge in [0.15, 0.2) is 0 Å². The van der Waals surface area contributed by atoms with Crippen LogP contribution in [0.4, 0.5) is 0 Å². The second kappa shape index (κ2) is 9.94. The first-order valence-corrected chi connectivity index (χ1v) is 9.76. The minimum absolute atomic E-state index is 0.0845. The quantitative estimate of drug-likeness (QED) is 0.351. The van der Waals surface area contributed by atoms with Crippen LogP contribution in [0, 0.1) is 35.5 Å². The summed E-state index contributed by atoms with van der Waals surface area (Å²) in [5.74, 6) is 6.25. The molecule has 0 aromatic rings. The molecule has 0 amide bonds. The fraction of sp³-hybridized carbons (Fsp3) is 0.682. The Balaban J connectivity index is 1.89. The SMILES string of the molecule is CC#CC[C@H](C)[C@H](O)/C=C/[C@@H]1[C@H]2C/C(=C\CCCC(=O)O)C[C@H]2C[C@H]1O. The molecule has 26 heavy (non-hydrogen) atoms. The van der Waals surface area contributed by atoms with E-state index in [9.17, 15) is 15.0 Å². The van der Waals surface area contributed by atoms with E-state index in [0.29, 0.717) is 24.7 Å². The minimum atomic E-state index is -0.738. The van der Waals surface area contributed by atoms with Gasteiger partial charge in [-0.25, -0.2) is 0 Å². The number of hydrogen-bond acceptors (Lipinski definition) is 3. The van der Waals surface area contributed by atoms with Crippen molar-refractivity contribution in [1.29, 1.82) is 0 Å². The fourth-order valence-electron chi connectivity index (χ4n) is 4.31. The fourth-order valence-corrected chi connectivity index (χ4v) is 4.31. The van der Waals surface area contributed by atoms with Crippen molar-refractivity contribution >= 4 is 5.97 Å². The lowest BCUT2D eigenvalue weighted by atomic mass is 9.89. The van der Waals surface area contributed by atoms with Crippen molar-refractivity contribution in [1.82, 2.24) is 0 Å². The number of carbonyl (C=O) groups is 1. The van der Waals surface area contributed by atoms with Gasteiger partial charge in [0, 0.05) is 18.8 Å². The summed E-state index contributed by atoms with van der Waals surface area (Å²) in [6.07, 6.45) is 10.4. The van der Waals surface area contributed by atoms with Gasteiger partial charge in [-0.15, -0.1) is 11.8 Å². The summed E-state index contributed by atoms with van der Waals surface area (Å²) in [4.78, 5) is 10.6. The van der Waals surface area contributed by atoms with E-state index in [1.807, 2.05) is 19.1 Å². The highest BCUT2D eigenvalue weighted by Crippen LogP contribution is 2.50. The first kappa shape index (κ1) is 20.7. The molecule has 4 nitrogen and oxygen atoms in total. The molecule has 0 spiro atoms. The molecule has 6 atom stereocenters. The van der Waals surface area contributed by atoms with Crippen LogP contribution in [0.3, 0.4) is 0 Å². The molecule has 0 aliphatic heterocycles. The zero-order valence-corrected chi connectivity index (χ0v) is 15.9. The number of carboxylic acid groups (broad SMARTS) is 1. The molecule has 3 N–H and O–H groups in total. The Morgan fingerprint density at radius 3 is 2.85 bits per heavy atom. The van der Waals surface area contributed by atoms with E-state index < -0.39 is 12.1 Å². The van der Waals surface area contributed by atoms with Crippen LogP contribution in [0.1, 0.15) is 58.8 Å². The van der Waals surface area contributed by atoms with Crippen LogP contribution in [0.5, 0.6) is 0 Å². The van der Waals surface area contributed by atoms with E-state index in [1.165, 1.54) is 5.57 Å². The molecule has 2 fully saturated rings. The maximum Gasteiger partial charge on any atom is 0.303 e. The molecule has 0 unspecified atom stereocenters. The van der Waals surface area contributed by atoms with Gasteiger partial charge in [-0.2, -0.15) is 0 Å². The molecule has 2 rings (SSSR count). The molecule has 0 bridgehead atoms. The summed E-state index contributed by atoms with van der Waals surface area (Å²) >= 11 is 0. The average Bonchev–Trinajstić information content (AvgIpc) is 3.10. The van der Waals surface area contributed by atoms with Crippen LogP contribution in [0.25, 0.3) is 0 Å². The normalized spacial score (nSPS) is 31.6. The molecular weight excluding hydrogens is 328 g/mol. The summed E-state index contributed by atoms with van der Waals surface area (Å²) < 4.78 is 0. The standard InChI is InChI=1S/C22H32O4/c1-3-4-7-15(2)20(23)11-10-18-19-13-16(8-5-6-9-22(25)26)12-17(19)14-21(18)24/h8,10-11,15,17-21,23-24H,5-7,9,12-14H2,1-2H3,(H,25,26)/b11-10+,16-8-/t15-,17-,18+,19-,20+,21+/m0/s1. The van der Waals surface area contributed by atoms with Gasteiger partial charge in [0.25, 0.3) is 0 Å². The van der Waals surface area contributed by atoms with E-state index in [2.05, 4.69) is 17.9 Å². The van der Waals surface area contributed by atoms with Gasteiger partial charge in [0.1, 0.15) is 0 Å². The van der Waals surface area contributed by atoms with Crippen LogP contribution in [0.2, 0.25) is 0 Å². The summed E-state index contributed by atoms with van der Waals surface area (Å²) in [6, 6.07) is 0. The predicted octanol–water partition coefficient (Wildman–Crippen LogP) is 3.54. The van der Waals surface area contributed by atoms with Crippen LogP contribution >= 0.6 is 0 Å². The van der Waals surface area contributed by atoms with Crippen molar-refractivity contribution in [2.24, 2.45) is 23.7 Å².